The Morgan fingerprint density at radius 1 is 1.13 bits per heavy atom. The van der Waals surface area contributed by atoms with E-state index in [1.54, 1.807) is 22.4 Å². The molecule has 39 heavy (non-hydrogen) atoms. The maximum Gasteiger partial charge on any atom is 0.275 e. The number of aromatic hydroxyl groups is 1. The topological polar surface area (TPSA) is 96.7 Å². The van der Waals surface area contributed by atoms with Gasteiger partial charge in [0.25, 0.3) is 5.91 Å². The van der Waals surface area contributed by atoms with Crippen molar-refractivity contribution in [1.29, 1.82) is 0 Å². The predicted molar refractivity (Wildman–Crippen MR) is 156 cm³/mol. The Hall–Kier alpha value is -3.54. The van der Waals surface area contributed by atoms with Crippen LogP contribution in [0.2, 0.25) is 0 Å². The Kier molecular flexibility index (Phi) is 8.39. The fourth-order valence-corrected chi connectivity index (χ4v) is 6.61. The third-order valence-electron chi connectivity index (χ3n) is 6.82. The summed E-state index contributed by atoms with van der Waals surface area (Å²) in [5.74, 6) is 0.730. The number of hydrogen-bond acceptors (Lipinski definition) is 8. The molecule has 0 spiro atoms. The SMILES string of the molecule is COc1ccc(-c2ccccc2)c(NC(=O)c2csc(C3CCN(C(=O)CCn4c(O)csc4=S)CC3)n2)c1. The van der Waals surface area contributed by atoms with Crippen LogP contribution in [0, 0.1) is 3.95 Å². The largest absolute Gasteiger partial charge is 0.497 e. The molecule has 4 aromatic rings. The first-order valence-electron chi connectivity index (χ1n) is 12.6. The molecule has 0 atom stereocenters. The predicted octanol–water partition coefficient (Wildman–Crippen LogP) is 6.17. The Bertz CT molecular complexity index is 1520. The lowest BCUT2D eigenvalue weighted by molar-refractivity contribution is -0.132. The quantitative estimate of drug-likeness (QED) is 0.242. The van der Waals surface area contributed by atoms with Crippen LogP contribution in [0.5, 0.6) is 11.6 Å². The second-order valence-electron chi connectivity index (χ2n) is 9.22. The fourth-order valence-electron chi connectivity index (χ4n) is 4.66. The normalized spacial score (nSPS) is 13.8. The molecule has 2 N–H and O–H groups in total. The molecule has 0 unspecified atom stereocenters. The zero-order valence-electron chi connectivity index (χ0n) is 21.3. The Morgan fingerprint density at radius 3 is 2.59 bits per heavy atom. The highest BCUT2D eigenvalue weighted by Gasteiger charge is 2.26. The van der Waals surface area contributed by atoms with E-state index in [0.717, 1.165) is 29.0 Å². The molecule has 2 amide bonds. The summed E-state index contributed by atoms with van der Waals surface area (Å²) in [5.41, 5.74) is 2.92. The molecule has 1 fully saturated rings. The van der Waals surface area contributed by atoms with E-state index in [2.05, 4.69) is 10.3 Å². The standard InChI is InChI=1S/C28H28N4O4S3/c1-36-20-7-8-21(18-5-3-2-4-6-18)22(15-20)29-26(35)23-16-38-27(30-23)19-9-12-31(13-10-19)24(33)11-14-32-25(34)17-39-28(32)37/h2-8,15-17,19,34H,9-14H2,1H3,(H,29,35). The van der Waals surface area contributed by atoms with Crippen LogP contribution in [0.4, 0.5) is 5.69 Å². The summed E-state index contributed by atoms with van der Waals surface area (Å²) in [4.78, 5) is 32.4. The van der Waals surface area contributed by atoms with Crippen molar-refractivity contribution in [2.75, 3.05) is 25.5 Å². The van der Waals surface area contributed by atoms with Gasteiger partial charge < -0.3 is 20.1 Å². The number of rotatable bonds is 8. The number of likely N-dealkylation sites (tertiary alicyclic amines) is 1. The van der Waals surface area contributed by atoms with E-state index >= 15 is 0 Å². The molecule has 5 rings (SSSR count). The number of aromatic nitrogens is 2. The second kappa shape index (κ2) is 12.1. The zero-order chi connectivity index (χ0) is 27.4. The summed E-state index contributed by atoms with van der Waals surface area (Å²) in [6.45, 7) is 1.64. The lowest BCUT2D eigenvalue weighted by atomic mass is 9.97. The zero-order valence-corrected chi connectivity index (χ0v) is 23.8. The maximum absolute atomic E-state index is 13.2. The maximum atomic E-state index is 13.2. The molecule has 202 valence electrons. The van der Waals surface area contributed by atoms with Crippen LogP contribution in [0.15, 0.2) is 59.3 Å². The third kappa shape index (κ3) is 6.21. The highest BCUT2D eigenvalue weighted by atomic mass is 32.1. The molecular weight excluding hydrogens is 553 g/mol. The summed E-state index contributed by atoms with van der Waals surface area (Å²) in [5, 5.41) is 17.2. The van der Waals surface area contributed by atoms with E-state index in [4.69, 9.17) is 17.0 Å². The van der Waals surface area contributed by atoms with Crippen molar-refractivity contribution in [2.45, 2.75) is 31.7 Å². The number of methoxy groups -OCH3 is 1. The number of piperidine rings is 1. The minimum absolute atomic E-state index is 0.0488. The molecule has 8 nitrogen and oxygen atoms in total. The molecule has 1 aliphatic heterocycles. The molecule has 1 saturated heterocycles. The van der Waals surface area contributed by atoms with Crippen molar-refractivity contribution in [2.24, 2.45) is 0 Å². The number of ether oxygens (including phenoxy) is 1. The number of nitrogens with zero attached hydrogens (tertiary/aromatic N) is 3. The van der Waals surface area contributed by atoms with Gasteiger partial charge in [-0.2, -0.15) is 0 Å². The highest BCUT2D eigenvalue weighted by Crippen LogP contribution is 2.33. The smallest absolute Gasteiger partial charge is 0.275 e. The molecule has 3 heterocycles. The molecular formula is C28H28N4O4S3. The number of amides is 2. The van der Waals surface area contributed by atoms with Gasteiger partial charge in [0.05, 0.1) is 23.2 Å². The van der Waals surface area contributed by atoms with E-state index in [-0.39, 0.29) is 23.6 Å². The van der Waals surface area contributed by atoms with Crippen molar-refractivity contribution in [1.82, 2.24) is 14.5 Å². The van der Waals surface area contributed by atoms with Crippen LogP contribution >= 0.6 is 34.9 Å². The van der Waals surface area contributed by atoms with Crippen molar-refractivity contribution in [3.8, 4) is 22.8 Å². The van der Waals surface area contributed by atoms with Crippen molar-refractivity contribution in [3.05, 3.63) is 73.9 Å². The lowest BCUT2D eigenvalue weighted by Gasteiger charge is -2.31. The average molecular weight is 581 g/mol. The van der Waals surface area contributed by atoms with Crippen molar-refractivity contribution in [3.63, 3.8) is 0 Å². The molecule has 2 aromatic carbocycles. The first-order valence-corrected chi connectivity index (χ1v) is 14.7. The van der Waals surface area contributed by atoms with E-state index in [9.17, 15) is 14.7 Å². The molecule has 2 aromatic heterocycles. The highest BCUT2D eigenvalue weighted by molar-refractivity contribution is 7.73. The first kappa shape index (κ1) is 27.0. The molecule has 0 radical (unpaired) electrons. The van der Waals surface area contributed by atoms with E-state index in [0.29, 0.717) is 47.1 Å². The van der Waals surface area contributed by atoms with Gasteiger partial charge in [0, 0.05) is 49.0 Å². The summed E-state index contributed by atoms with van der Waals surface area (Å²) in [6, 6.07) is 15.5. The summed E-state index contributed by atoms with van der Waals surface area (Å²) in [7, 11) is 1.60. The van der Waals surface area contributed by atoms with Gasteiger partial charge in [-0.25, -0.2) is 4.98 Å². The lowest BCUT2D eigenvalue weighted by Crippen LogP contribution is -2.38. The van der Waals surface area contributed by atoms with E-state index in [1.807, 2.05) is 53.4 Å². The number of anilines is 1. The number of carbonyl (C=O) groups is 2. The number of hydrogen-bond donors (Lipinski definition) is 2. The molecule has 0 aliphatic carbocycles. The van der Waals surface area contributed by atoms with Crippen LogP contribution in [0.1, 0.15) is 40.7 Å². The van der Waals surface area contributed by atoms with E-state index in [1.165, 1.54) is 22.7 Å². The van der Waals surface area contributed by atoms with Crippen LogP contribution in [-0.2, 0) is 11.3 Å². The number of benzene rings is 2. The minimum atomic E-state index is -0.272. The van der Waals surface area contributed by atoms with E-state index < -0.39 is 0 Å². The Morgan fingerprint density at radius 2 is 1.90 bits per heavy atom. The molecule has 0 bridgehead atoms. The van der Waals surface area contributed by atoms with Gasteiger partial charge in [-0.3, -0.25) is 14.2 Å². The van der Waals surface area contributed by atoms with Crippen LogP contribution in [0.3, 0.4) is 0 Å². The Labute approximate surface area is 239 Å². The van der Waals surface area contributed by atoms with Gasteiger partial charge in [0.1, 0.15) is 11.4 Å². The van der Waals surface area contributed by atoms with Gasteiger partial charge in [-0.05, 0) is 42.8 Å². The van der Waals surface area contributed by atoms with Crippen molar-refractivity contribution < 1.29 is 19.4 Å². The summed E-state index contributed by atoms with van der Waals surface area (Å²) < 4.78 is 7.52. The summed E-state index contributed by atoms with van der Waals surface area (Å²) >= 11 is 7.97. The minimum Gasteiger partial charge on any atom is -0.497 e. The monoisotopic (exact) mass is 580 g/mol. The van der Waals surface area contributed by atoms with Gasteiger partial charge in [-0.1, -0.05) is 30.3 Å². The molecule has 1 aliphatic rings. The number of carbonyl (C=O) groups excluding carboxylic acids is 2. The Balaban J connectivity index is 1.20. The molecule has 11 heteroatoms. The van der Waals surface area contributed by atoms with Gasteiger partial charge >= 0.3 is 0 Å². The number of nitrogens with one attached hydrogen (secondary N) is 1. The molecule has 0 saturated carbocycles. The van der Waals surface area contributed by atoms with Gasteiger partial charge in [0.15, 0.2) is 3.95 Å². The first-order chi connectivity index (χ1) is 18.9. The van der Waals surface area contributed by atoms with Crippen LogP contribution < -0.4 is 10.1 Å². The van der Waals surface area contributed by atoms with Crippen LogP contribution in [0.25, 0.3) is 11.1 Å². The van der Waals surface area contributed by atoms with Gasteiger partial charge in [0.2, 0.25) is 11.8 Å². The van der Waals surface area contributed by atoms with Crippen LogP contribution in [-0.4, -0.2) is 51.6 Å². The van der Waals surface area contributed by atoms with Gasteiger partial charge in [-0.15, -0.1) is 22.7 Å². The number of thiazole rings is 2. The third-order valence-corrected chi connectivity index (χ3v) is 9.09. The van der Waals surface area contributed by atoms with Crippen molar-refractivity contribution >= 4 is 52.4 Å². The fraction of sp³-hybridized carbons (Fsp3) is 0.286. The average Bonchev–Trinajstić information content (AvgIpc) is 3.59. The summed E-state index contributed by atoms with van der Waals surface area (Å²) in [6.07, 6.45) is 1.87. The second-order valence-corrected chi connectivity index (χ2v) is 11.6.